The molecule has 0 saturated carbocycles. The first-order chi connectivity index (χ1) is 14.7. The predicted molar refractivity (Wildman–Crippen MR) is 116 cm³/mol. The number of carbonyl (C=O) groups excluding carboxylic acids is 1. The highest BCUT2D eigenvalue weighted by Gasteiger charge is 2.20. The highest BCUT2D eigenvalue weighted by molar-refractivity contribution is 7.92. The molecule has 0 saturated heterocycles. The SMILES string of the molecule is COc1ccccc1NC(=O)c1ccc(NS(=O)(=O)c2ccc(C)c([N+](=O)[O-])c2)cc1. The van der Waals surface area contributed by atoms with Gasteiger partial charge in [-0.15, -0.1) is 0 Å². The summed E-state index contributed by atoms with van der Waals surface area (Å²) in [5.41, 5.74) is 1.08. The van der Waals surface area contributed by atoms with Gasteiger partial charge in [0.1, 0.15) is 5.75 Å². The molecule has 0 fully saturated rings. The van der Waals surface area contributed by atoms with E-state index in [1.807, 2.05) is 0 Å². The largest absolute Gasteiger partial charge is 0.495 e. The zero-order chi connectivity index (χ0) is 22.6. The van der Waals surface area contributed by atoms with Gasteiger partial charge in [-0.3, -0.25) is 19.6 Å². The van der Waals surface area contributed by atoms with Gasteiger partial charge in [0.2, 0.25) is 0 Å². The lowest BCUT2D eigenvalue weighted by molar-refractivity contribution is -0.385. The fraction of sp³-hybridized carbons (Fsp3) is 0.0952. The maximum Gasteiger partial charge on any atom is 0.273 e. The summed E-state index contributed by atoms with van der Waals surface area (Å²) < 4.78 is 32.7. The number of nitro groups is 1. The lowest BCUT2D eigenvalue weighted by atomic mass is 10.2. The first kappa shape index (κ1) is 21.8. The number of rotatable bonds is 7. The Balaban J connectivity index is 1.76. The molecule has 0 aliphatic carbocycles. The number of carbonyl (C=O) groups is 1. The van der Waals surface area contributed by atoms with Crippen molar-refractivity contribution in [3.63, 3.8) is 0 Å². The van der Waals surface area contributed by atoms with E-state index in [4.69, 9.17) is 4.74 Å². The summed E-state index contributed by atoms with van der Waals surface area (Å²) in [5, 5.41) is 13.8. The van der Waals surface area contributed by atoms with Gasteiger partial charge >= 0.3 is 0 Å². The van der Waals surface area contributed by atoms with Gasteiger partial charge in [-0.25, -0.2) is 8.42 Å². The molecule has 0 unspecified atom stereocenters. The van der Waals surface area contributed by atoms with Crippen LogP contribution in [0, 0.1) is 17.0 Å². The number of methoxy groups -OCH3 is 1. The topological polar surface area (TPSA) is 128 Å². The van der Waals surface area contributed by atoms with E-state index in [0.29, 0.717) is 22.6 Å². The van der Waals surface area contributed by atoms with Crippen molar-refractivity contribution in [2.24, 2.45) is 0 Å². The van der Waals surface area contributed by atoms with Gasteiger partial charge in [-0.05, 0) is 49.4 Å². The minimum Gasteiger partial charge on any atom is -0.495 e. The van der Waals surface area contributed by atoms with Crippen LogP contribution in [0.25, 0.3) is 0 Å². The van der Waals surface area contributed by atoms with E-state index in [9.17, 15) is 23.3 Å². The van der Waals surface area contributed by atoms with E-state index in [2.05, 4.69) is 10.0 Å². The number of benzene rings is 3. The van der Waals surface area contributed by atoms with Gasteiger partial charge in [0.15, 0.2) is 0 Å². The summed E-state index contributed by atoms with van der Waals surface area (Å²) >= 11 is 0. The van der Waals surface area contributed by atoms with E-state index in [1.54, 1.807) is 24.3 Å². The van der Waals surface area contributed by atoms with Crippen LogP contribution < -0.4 is 14.8 Å². The number of para-hydroxylation sites is 2. The zero-order valence-corrected chi connectivity index (χ0v) is 17.5. The Bertz CT molecular complexity index is 1240. The fourth-order valence-corrected chi connectivity index (χ4v) is 3.88. The molecule has 0 aliphatic heterocycles. The predicted octanol–water partition coefficient (Wildman–Crippen LogP) is 3.96. The maximum atomic E-state index is 12.6. The Morgan fingerprint density at radius 1 is 1.03 bits per heavy atom. The van der Waals surface area contributed by atoms with E-state index < -0.39 is 20.9 Å². The van der Waals surface area contributed by atoms with Gasteiger partial charge in [0.25, 0.3) is 21.6 Å². The normalized spacial score (nSPS) is 10.9. The molecule has 0 aromatic heterocycles. The van der Waals surface area contributed by atoms with Crippen LogP contribution in [0.1, 0.15) is 15.9 Å². The molecule has 1 amide bonds. The van der Waals surface area contributed by atoms with Crippen LogP contribution >= 0.6 is 0 Å². The molecular formula is C21H19N3O6S. The number of hydrogen-bond donors (Lipinski definition) is 2. The van der Waals surface area contributed by atoms with Gasteiger partial charge in [0.05, 0.1) is 22.6 Å². The third-order valence-corrected chi connectivity index (χ3v) is 5.82. The van der Waals surface area contributed by atoms with E-state index in [0.717, 1.165) is 6.07 Å². The summed E-state index contributed by atoms with van der Waals surface area (Å²) in [6, 6.07) is 16.4. The Labute approximate surface area is 178 Å². The molecule has 0 bridgehead atoms. The van der Waals surface area contributed by atoms with Crippen molar-refractivity contribution >= 4 is 33.0 Å². The van der Waals surface area contributed by atoms with Crippen molar-refractivity contribution in [1.29, 1.82) is 0 Å². The zero-order valence-electron chi connectivity index (χ0n) is 16.7. The molecule has 10 heteroatoms. The quantitative estimate of drug-likeness (QED) is 0.422. The summed E-state index contributed by atoms with van der Waals surface area (Å²) in [6.45, 7) is 1.52. The van der Waals surface area contributed by atoms with E-state index >= 15 is 0 Å². The second-order valence-corrected chi connectivity index (χ2v) is 8.23. The third-order valence-electron chi connectivity index (χ3n) is 4.44. The van der Waals surface area contributed by atoms with Gasteiger partial charge in [0, 0.05) is 22.9 Å². The van der Waals surface area contributed by atoms with Crippen LogP contribution in [-0.2, 0) is 10.0 Å². The molecule has 9 nitrogen and oxygen atoms in total. The highest BCUT2D eigenvalue weighted by atomic mass is 32.2. The molecule has 3 rings (SSSR count). The van der Waals surface area contributed by atoms with Crippen molar-refractivity contribution in [2.75, 3.05) is 17.1 Å². The first-order valence-corrected chi connectivity index (χ1v) is 10.5. The number of amides is 1. The average molecular weight is 441 g/mol. The van der Waals surface area contributed by atoms with Crippen LogP contribution in [0.15, 0.2) is 71.6 Å². The Kier molecular flexibility index (Phi) is 6.21. The molecular weight excluding hydrogens is 422 g/mol. The van der Waals surface area contributed by atoms with Crippen LogP contribution in [0.5, 0.6) is 5.75 Å². The number of nitrogens with zero attached hydrogens (tertiary/aromatic N) is 1. The van der Waals surface area contributed by atoms with Crippen molar-refractivity contribution in [3.05, 3.63) is 88.0 Å². The molecule has 31 heavy (non-hydrogen) atoms. The van der Waals surface area contributed by atoms with Gasteiger partial charge < -0.3 is 10.1 Å². The number of aryl methyl sites for hydroxylation is 1. The number of ether oxygens (including phenoxy) is 1. The third kappa shape index (κ3) is 4.98. The Morgan fingerprint density at radius 3 is 2.35 bits per heavy atom. The molecule has 0 aliphatic rings. The lowest BCUT2D eigenvalue weighted by Gasteiger charge is -2.11. The van der Waals surface area contributed by atoms with Crippen molar-refractivity contribution < 1.29 is 22.9 Å². The molecule has 3 aromatic carbocycles. The Hall–Kier alpha value is -3.92. The van der Waals surface area contributed by atoms with Gasteiger partial charge in [-0.2, -0.15) is 0 Å². The summed E-state index contributed by atoms with van der Waals surface area (Å²) in [4.78, 5) is 22.7. The summed E-state index contributed by atoms with van der Waals surface area (Å²) in [5.74, 6) is 0.112. The number of nitro benzene ring substituents is 1. The minimum atomic E-state index is -4.05. The fourth-order valence-electron chi connectivity index (χ4n) is 2.80. The summed E-state index contributed by atoms with van der Waals surface area (Å²) in [6.07, 6.45) is 0. The molecule has 3 aromatic rings. The second-order valence-electron chi connectivity index (χ2n) is 6.54. The van der Waals surface area contributed by atoms with Gasteiger partial charge in [-0.1, -0.05) is 18.2 Å². The first-order valence-electron chi connectivity index (χ1n) is 9.03. The Morgan fingerprint density at radius 2 is 1.71 bits per heavy atom. The van der Waals surface area contributed by atoms with Crippen LogP contribution in [-0.4, -0.2) is 26.4 Å². The van der Waals surface area contributed by atoms with Crippen LogP contribution in [0.4, 0.5) is 17.1 Å². The minimum absolute atomic E-state index is 0.206. The number of hydrogen-bond acceptors (Lipinski definition) is 6. The molecule has 0 atom stereocenters. The number of anilines is 2. The van der Waals surface area contributed by atoms with Crippen molar-refractivity contribution in [1.82, 2.24) is 0 Å². The molecule has 0 heterocycles. The molecule has 0 radical (unpaired) electrons. The molecule has 2 N–H and O–H groups in total. The highest BCUT2D eigenvalue weighted by Crippen LogP contribution is 2.25. The number of nitrogens with one attached hydrogen (secondary N) is 2. The summed E-state index contributed by atoms with van der Waals surface area (Å²) in [7, 11) is -2.55. The second kappa shape index (κ2) is 8.84. The number of sulfonamides is 1. The lowest BCUT2D eigenvalue weighted by Crippen LogP contribution is -2.15. The molecule has 0 spiro atoms. The standard InChI is InChI=1S/C21H19N3O6S/c1-14-7-12-17(13-19(14)24(26)27)31(28,29)23-16-10-8-15(9-11-16)21(25)22-18-5-3-4-6-20(18)30-2/h3-13,23H,1-2H3,(H,22,25). The molecule has 160 valence electrons. The average Bonchev–Trinajstić information content (AvgIpc) is 2.74. The van der Waals surface area contributed by atoms with Crippen LogP contribution in [0.2, 0.25) is 0 Å². The van der Waals surface area contributed by atoms with Crippen LogP contribution in [0.3, 0.4) is 0 Å². The smallest absolute Gasteiger partial charge is 0.273 e. The van der Waals surface area contributed by atoms with E-state index in [-0.39, 0.29) is 16.3 Å². The van der Waals surface area contributed by atoms with Crippen molar-refractivity contribution in [3.8, 4) is 5.75 Å². The monoisotopic (exact) mass is 441 g/mol. The van der Waals surface area contributed by atoms with Crippen molar-refractivity contribution in [2.45, 2.75) is 11.8 Å². The van der Waals surface area contributed by atoms with E-state index in [1.165, 1.54) is 50.4 Å². The maximum absolute atomic E-state index is 12.6.